The van der Waals surface area contributed by atoms with E-state index in [0.717, 1.165) is 16.0 Å². The number of rotatable bonds is 4. The average Bonchev–Trinajstić information content (AvgIpc) is 3.08. The van der Waals surface area contributed by atoms with E-state index in [-0.39, 0.29) is 5.76 Å². The van der Waals surface area contributed by atoms with Gasteiger partial charge in [-0.2, -0.15) is 0 Å². The van der Waals surface area contributed by atoms with Crippen LogP contribution in [0.4, 0.5) is 0 Å². The van der Waals surface area contributed by atoms with Crippen LogP contribution in [0.3, 0.4) is 0 Å². The summed E-state index contributed by atoms with van der Waals surface area (Å²) >= 11 is 1.68. The number of para-hydroxylation sites is 3. The maximum Gasteiger partial charge on any atom is 0.421 e. The van der Waals surface area contributed by atoms with Crippen LogP contribution in [-0.4, -0.2) is 21.5 Å². The SMILES string of the molecule is CN(Cc1nc2ccccc2s1)Cn1c(=O)oc2ccccc21. The number of benzene rings is 2. The molecule has 0 unspecified atom stereocenters. The number of hydrogen-bond acceptors (Lipinski definition) is 5. The highest BCUT2D eigenvalue weighted by atomic mass is 32.1. The van der Waals surface area contributed by atoms with Crippen LogP contribution in [0.2, 0.25) is 0 Å². The van der Waals surface area contributed by atoms with Crippen molar-refractivity contribution in [3.8, 4) is 0 Å². The van der Waals surface area contributed by atoms with Crippen LogP contribution >= 0.6 is 11.3 Å². The van der Waals surface area contributed by atoms with Crippen molar-refractivity contribution in [1.29, 1.82) is 0 Å². The van der Waals surface area contributed by atoms with Crippen LogP contribution in [0.25, 0.3) is 21.3 Å². The molecule has 116 valence electrons. The molecule has 0 atom stereocenters. The Morgan fingerprint density at radius 3 is 2.83 bits per heavy atom. The molecule has 0 saturated carbocycles. The molecule has 0 radical (unpaired) electrons. The molecule has 6 heteroatoms. The maximum absolute atomic E-state index is 12.0. The summed E-state index contributed by atoms with van der Waals surface area (Å²) in [6, 6.07) is 15.6. The fraction of sp³-hybridized carbons (Fsp3) is 0.176. The quantitative estimate of drug-likeness (QED) is 0.578. The van der Waals surface area contributed by atoms with Crippen molar-refractivity contribution in [3.05, 3.63) is 64.1 Å². The van der Waals surface area contributed by atoms with Crippen molar-refractivity contribution < 1.29 is 4.42 Å². The first-order valence-electron chi connectivity index (χ1n) is 7.32. The third kappa shape index (κ3) is 2.67. The van der Waals surface area contributed by atoms with Crippen LogP contribution in [0.15, 0.2) is 57.7 Å². The Labute approximate surface area is 136 Å². The molecular weight excluding hydrogens is 310 g/mol. The largest absolute Gasteiger partial charge is 0.421 e. The number of aromatic nitrogens is 2. The Balaban J connectivity index is 1.58. The Kier molecular flexibility index (Phi) is 3.48. The van der Waals surface area contributed by atoms with E-state index in [0.29, 0.717) is 18.8 Å². The second kappa shape index (κ2) is 5.64. The molecule has 2 heterocycles. The van der Waals surface area contributed by atoms with Crippen molar-refractivity contribution >= 4 is 32.7 Å². The molecule has 4 rings (SSSR count). The Hall–Kier alpha value is -2.44. The van der Waals surface area contributed by atoms with Crippen molar-refractivity contribution in [2.75, 3.05) is 7.05 Å². The first kappa shape index (κ1) is 14.2. The molecule has 2 aromatic carbocycles. The summed E-state index contributed by atoms with van der Waals surface area (Å²) < 4.78 is 8.09. The number of nitrogens with zero attached hydrogens (tertiary/aromatic N) is 3. The highest BCUT2D eigenvalue weighted by molar-refractivity contribution is 7.18. The van der Waals surface area contributed by atoms with Crippen LogP contribution in [0.5, 0.6) is 0 Å². The van der Waals surface area contributed by atoms with Crippen LogP contribution in [0.1, 0.15) is 5.01 Å². The summed E-state index contributed by atoms with van der Waals surface area (Å²) in [7, 11) is 1.97. The molecule has 0 saturated heterocycles. The zero-order valence-electron chi connectivity index (χ0n) is 12.6. The van der Waals surface area contributed by atoms with E-state index in [2.05, 4.69) is 16.0 Å². The summed E-state index contributed by atoms with van der Waals surface area (Å²) in [6.07, 6.45) is 0. The van der Waals surface area contributed by atoms with Gasteiger partial charge in [-0.05, 0) is 31.3 Å². The lowest BCUT2D eigenvalue weighted by molar-refractivity contribution is 0.253. The van der Waals surface area contributed by atoms with Crippen LogP contribution < -0.4 is 5.76 Å². The van der Waals surface area contributed by atoms with Gasteiger partial charge in [0.1, 0.15) is 5.01 Å². The van der Waals surface area contributed by atoms with Crippen molar-refractivity contribution in [1.82, 2.24) is 14.5 Å². The van der Waals surface area contributed by atoms with Crippen molar-refractivity contribution in [2.45, 2.75) is 13.2 Å². The lowest BCUT2D eigenvalue weighted by atomic mass is 10.3. The zero-order valence-corrected chi connectivity index (χ0v) is 13.4. The fourth-order valence-corrected chi connectivity index (χ4v) is 3.71. The van der Waals surface area contributed by atoms with Crippen LogP contribution in [0, 0.1) is 0 Å². The summed E-state index contributed by atoms with van der Waals surface area (Å²) in [5.41, 5.74) is 2.45. The Morgan fingerprint density at radius 2 is 1.96 bits per heavy atom. The average molecular weight is 325 g/mol. The molecule has 4 aromatic rings. The summed E-state index contributed by atoms with van der Waals surface area (Å²) in [5.74, 6) is -0.331. The monoisotopic (exact) mass is 325 g/mol. The predicted octanol–water partition coefficient (Wildman–Crippen LogP) is 3.29. The van der Waals surface area contributed by atoms with Gasteiger partial charge in [0.05, 0.1) is 28.9 Å². The van der Waals surface area contributed by atoms with Crippen LogP contribution in [-0.2, 0) is 13.2 Å². The second-order valence-electron chi connectivity index (χ2n) is 5.49. The van der Waals surface area contributed by atoms with E-state index >= 15 is 0 Å². The highest BCUT2D eigenvalue weighted by Gasteiger charge is 2.12. The summed E-state index contributed by atoms with van der Waals surface area (Å²) in [6.45, 7) is 1.15. The molecular formula is C17H15N3O2S. The summed E-state index contributed by atoms with van der Waals surface area (Å²) in [5, 5.41) is 1.04. The van der Waals surface area contributed by atoms with Gasteiger partial charge in [-0.3, -0.25) is 9.47 Å². The minimum Gasteiger partial charge on any atom is -0.408 e. The van der Waals surface area contributed by atoms with Crippen molar-refractivity contribution in [3.63, 3.8) is 0 Å². The van der Waals surface area contributed by atoms with E-state index in [4.69, 9.17) is 4.42 Å². The molecule has 0 aliphatic carbocycles. The fourth-order valence-electron chi connectivity index (χ4n) is 2.66. The molecule has 0 bridgehead atoms. The first-order valence-corrected chi connectivity index (χ1v) is 8.14. The molecule has 0 fully saturated rings. The van der Waals surface area contributed by atoms with E-state index in [1.807, 2.05) is 43.4 Å². The van der Waals surface area contributed by atoms with Crippen molar-refractivity contribution in [2.24, 2.45) is 0 Å². The molecule has 0 amide bonds. The van der Waals surface area contributed by atoms with Gasteiger partial charge in [0.2, 0.25) is 0 Å². The van der Waals surface area contributed by atoms with Gasteiger partial charge in [-0.25, -0.2) is 9.78 Å². The summed E-state index contributed by atoms with van der Waals surface area (Å²) in [4.78, 5) is 18.7. The number of hydrogen-bond donors (Lipinski definition) is 0. The zero-order chi connectivity index (χ0) is 15.8. The minimum atomic E-state index is -0.331. The van der Waals surface area contributed by atoms with Gasteiger partial charge in [0.25, 0.3) is 0 Å². The molecule has 0 spiro atoms. The van der Waals surface area contributed by atoms with E-state index < -0.39 is 0 Å². The van der Waals surface area contributed by atoms with Gasteiger partial charge in [-0.15, -0.1) is 11.3 Å². The molecule has 0 N–H and O–H groups in total. The van der Waals surface area contributed by atoms with Gasteiger partial charge in [0, 0.05) is 0 Å². The number of fused-ring (bicyclic) bond motifs is 2. The van der Waals surface area contributed by atoms with E-state index in [1.165, 1.54) is 4.70 Å². The van der Waals surface area contributed by atoms with E-state index in [9.17, 15) is 4.79 Å². The predicted molar refractivity (Wildman–Crippen MR) is 91.6 cm³/mol. The standard InChI is InChI=1S/C17H15N3O2S/c1-19(10-16-18-12-6-2-5-9-15(12)23-16)11-20-13-7-3-4-8-14(13)22-17(20)21/h2-9H,10-11H2,1H3. The normalized spacial score (nSPS) is 11.7. The van der Waals surface area contributed by atoms with Gasteiger partial charge in [-0.1, -0.05) is 24.3 Å². The maximum atomic E-state index is 12.0. The Morgan fingerprint density at radius 1 is 1.17 bits per heavy atom. The van der Waals surface area contributed by atoms with Gasteiger partial charge >= 0.3 is 5.76 Å². The third-order valence-electron chi connectivity index (χ3n) is 3.70. The lowest BCUT2D eigenvalue weighted by Crippen LogP contribution is -2.27. The smallest absolute Gasteiger partial charge is 0.408 e. The third-order valence-corrected chi connectivity index (χ3v) is 4.72. The Bertz CT molecular complexity index is 998. The van der Waals surface area contributed by atoms with Gasteiger partial charge in [0.15, 0.2) is 5.58 Å². The lowest BCUT2D eigenvalue weighted by Gasteiger charge is -2.15. The topological polar surface area (TPSA) is 51.3 Å². The van der Waals surface area contributed by atoms with Gasteiger partial charge < -0.3 is 4.42 Å². The molecule has 2 aromatic heterocycles. The second-order valence-corrected chi connectivity index (χ2v) is 6.61. The number of oxazole rings is 1. The molecule has 0 aliphatic rings. The minimum absolute atomic E-state index is 0.331. The molecule has 5 nitrogen and oxygen atoms in total. The first-order chi connectivity index (χ1) is 11.2. The van der Waals surface area contributed by atoms with E-state index in [1.54, 1.807) is 22.0 Å². The highest BCUT2D eigenvalue weighted by Crippen LogP contribution is 2.22. The number of thiazole rings is 1. The molecule has 0 aliphatic heterocycles. The molecule has 23 heavy (non-hydrogen) atoms.